The highest BCUT2D eigenvalue weighted by molar-refractivity contribution is 5.40. The van der Waals surface area contributed by atoms with E-state index in [0.717, 1.165) is 38.4 Å². The van der Waals surface area contributed by atoms with E-state index in [1.165, 1.54) is 5.56 Å². The zero-order chi connectivity index (χ0) is 14.8. The highest BCUT2D eigenvalue weighted by Crippen LogP contribution is 2.12. The summed E-state index contributed by atoms with van der Waals surface area (Å²) in [6.45, 7) is 3.86. The maximum atomic E-state index is 5.52. The molecular weight excluding hydrogens is 266 g/mol. The maximum Gasteiger partial charge on any atom is 0.0690 e. The van der Waals surface area contributed by atoms with E-state index in [4.69, 9.17) is 9.47 Å². The standard InChI is InChI=1S/C16H23N3O2/c1-20-11-5-12-21-13-9-17-14-15-6-2-3-7-16(15)19-10-4-8-18-19/h2-4,6-8,10,17H,5,9,11-14H2,1H3. The molecule has 0 aliphatic heterocycles. The number of benzene rings is 1. The van der Waals surface area contributed by atoms with Crippen LogP contribution in [0.15, 0.2) is 42.7 Å². The van der Waals surface area contributed by atoms with Gasteiger partial charge in [0.25, 0.3) is 0 Å². The van der Waals surface area contributed by atoms with Crippen molar-refractivity contribution in [1.29, 1.82) is 0 Å². The highest BCUT2D eigenvalue weighted by Gasteiger charge is 2.03. The van der Waals surface area contributed by atoms with Crippen LogP contribution >= 0.6 is 0 Å². The summed E-state index contributed by atoms with van der Waals surface area (Å²) in [5.41, 5.74) is 2.33. The monoisotopic (exact) mass is 289 g/mol. The van der Waals surface area contributed by atoms with Crippen molar-refractivity contribution in [2.75, 3.05) is 33.5 Å². The molecule has 1 N–H and O–H groups in total. The Kier molecular flexibility index (Phi) is 6.94. The Morgan fingerprint density at radius 1 is 1.14 bits per heavy atom. The largest absolute Gasteiger partial charge is 0.385 e. The van der Waals surface area contributed by atoms with E-state index >= 15 is 0 Å². The molecule has 0 atom stereocenters. The average Bonchev–Trinajstić information content (AvgIpc) is 3.04. The Hall–Kier alpha value is -1.69. The normalized spacial score (nSPS) is 10.9. The number of ether oxygens (including phenoxy) is 2. The van der Waals surface area contributed by atoms with Gasteiger partial charge in [-0.15, -0.1) is 0 Å². The first-order valence-corrected chi connectivity index (χ1v) is 7.27. The zero-order valence-electron chi connectivity index (χ0n) is 12.5. The van der Waals surface area contributed by atoms with Crippen LogP contribution in [0.3, 0.4) is 0 Å². The summed E-state index contributed by atoms with van der Waals surface area (Å²) in [4.78, 5) is 0. The lowest BCUT2D eigenvalue weighted by molar-refractivity contribution is 0.104. The smallest absolute Gasteiger partial charge is 0.0690 e. The van der Waals surface area contributed by atoms with Gasteiger partial charge in [0.05, 0.1) is 12.3 Å². The lowest BCUT2D eigenvalue weighted by Crippen LogP contribution is -2.20. The van der Waals surface area contributed by atoms with Crippen LogP contribution in [0.5, 0.6) is 0 Å². The van der Waals surface area contributed by atoms with Crippen LogP contribution in [0, 0.1) is 0 Å². The van der Waals surface area contributed by atoms with Gasteiger partial charge in [-0.3, -0.25) is 0 Å². The highest BCUT2D eigenvalue weighted by atomic mass is 16.5. The van der Waals surface area contributed by atoms with Crippen LogP contribution in [-0.2, 0) is 16.0 Å². The van der Waals surface area contributed by atoms with Crippen molar-refractivity contribution >= 4 is 0 Å². The molecule has 1 aromatic carbocycles. The molecule has 1 heterocycles. The predicted molar refractivity (Wildman–Crippen MR) is 82.6 cm³/mol. The topological polar surface area (TPSA) is 48.3 Å². The van der Waals surface area contributed by atoms with Crippen LogP contribution in [0.25, 0.3) is 5.69 Å². The number of hydrogen-bond donors (Lipinski definition) is 1. The van der Waals surface area contributed by atoms with Gasteiger partial charge < -0.3 is 14.8 Å². The minimum absolute atomic E-state index is 0.716. The Bertz CT molecular complexity index is 500. The van der Waals surface area contributed by atoms with Crippen molar-refractivity contribution in [3.63, 3.8) is 0 Å². The molecule has 114 valence electrons. The molecule has 0 aliphatic rings. The van der Waals surface area contributed by atoms with E-state index in [2.05, 4.69) is 22.5 Å². The third-order valence-corrected chi connectivity index (χ3v) is 3.12. The number of aromatic nitrogens is 2. The van der Waals surface area contributed by atoms with E-state index < -0.39 is 0 Å². The first-order chi connectivity index (χ1) is 10.4. The predicted octanol–water partition coefficient (Wildman–Crippen LogP) is 2.01. The molecule has 5 nitrogen and oxygen atoms in total. The molecule has 0 amide bonds. The van der Waals surface area contributed by atoms with Gasteiger partial charge in [0.15, 0.2) is 0 Å². The summed E-state index contributed by atoms with van der Waals surface area (Å²) >= 11 is 0. The molecule has 2 rings (SSSR count). The molecular formula is C16H23N3O2. The number of hydrogen-bond acceptors (Lipinski definition) is 4. The van der Waals surface area contributed by atoms with Crippen molar-refractivity contribution in [1.82, 2.24) is 15.1 Å². The molecule has 0 spiro atoms. The van der Waals surface area contributed by atoms with E-state index in [1.54, 1.807) is 13.3 Å². The van der Waals surface area contributed by atoms with Crippen molar-refractivity contribution in [3.8, 4) is 5.69 Å². The third kappa shape index (κ3) is 5.30. The van der Waals surface area contributed by atoms with Gasteiger partial charge >= 0.3 is 0 Å². The van der Waals surface area contributed by atoms with Crippen molar-refractivity contribution < 1.29 is 9.47 Å². The Morgan fingerprint density at radius 2 is 2.05 bits per heavy atom. The quantitative estimate of drug-likeness (QED) is 0.680. The van der Waals surface area contributed by atoms with E-state index in [9.17, 15) is 0 Å². The van der Waals surface area contributed by atoms with Crippen LogP contribution in [0.4, 0.5) is 0 Å². The van der Waals surface area contributed by atoms with Gasteiger partial charge in [-0.05, 0) is 24.1 Å². The molecule has 21 heavy (non-hydrogen) atoms. The zero-order valence-corrected chi connectivity index (χ0v) is 12.5. The van der Waals surface area contributed by atoms with E-state index in [0.29, 0.717) is 6.61 Å². The van der Waals surface area contributed by atoms with E-state index in [-0.39, 0.29) is 0 Å². The van der Waals surface area contributed by atoms with Gasteiger partial charge in [-0.1, -0.05) is 18.2 Å². The number of para-hydroxylation sites is 1. The molecule has 5 heteroatoms. The van der Waals surface area contributed by atoms with Gasteiger partial charge in [-0.25, -0.2) is 4.68 Å². The maximum absolute atomic E-state index is 5.52. The Labute approximate surface area is 125 Å². The van der Waals surface area contributed by atoms with E-state index in [1.807, 2.05) is 29.1 Å². The number of nitrogens with one attached hydrogen (secondary N) is 1. The minimum atomic E-state index is 0.716. The second-order valence-electron chi connectivity index (χ2n) is 4.71. The second-order valence-corrected chi connectivity index (χ2v) is 4.71. The van der Waals surface area contributed by atoms with Crippen molar-refractivity contribution in [3.05, 3.63) is 48.3 Å². The summed E-state index contributed by atoms with van der Waals surface area (Å²) in [6.07, 6.45) is 4.69. The Balaban J connectivity index is 1.72. The number of rotatable bonds is 10. The summed E-state index contributed by atoms with van der Waals surface area (Å²) in [5.74, 6) is 0. The third-order valence-electron chi connectivity index (χ3n) is 3.12. The number of nitrogens with zero attached hydrogens (tertiary/aromatic N) is 2. The molecule has 1 aromatic heterocycles. The van der Waals surface area contributed by atoms with Crippen LogP contribution in [0.2, 0.25) is 0 Å². The molecule has 0 radical (unpaired) electrons. The average molecular weight is 289 g/mol. The van der Waals surface area contributed by atoms with Gasteiger partial charge in [-0.2, -0.15) is 5.10 Å². The molecule has 0 unspecified atom stereocenters. The first-order valence-electron chi connectivity index (χ1n) is 7.27. The summed E-state index contributed by atoms with van der Waals surface area (Å²) in [5, 5.41) is 7.68. The number of methoxy groups -OCH3 is 1. The summed E-state index contributed by atoms with van der Waals surface area (Å²) in [6, 6.07) is 10.2. The fourth-order valence-corrected chi connectivity index (χ4v) is 2.07. The molecule has 0 aliphatic carbocycles. The lowest BCUT2D eigenvalue weighted by Gasteiger charge is -2.11. The van der Waals surface area contributed by atoms with Gasteiger partial charge in [0.2, 0.25) is 0 Å². The molecule has 0 saturated carbocycles. The van der Waals surface area contributed by atoms with Crippen molar-refractivity contribution in [2.24, 2.45) is 0 Å². The fourth-order valence-electron chi connectivity index (χ4n) is 2.07. The second kappa shape index (κ2) is 9.28. The summed E-state index contributed by atoms with van der Waals surface area (Å²) in [7, 11) is 1.71. The van der Waals surface area contributed by atoms with Gasteiger partial charge in [0, 0.05) is 45.8 Å². The summed E-state index contributed by atoms with van der Waals surface area (Å²) < 4.78 is 12.4. The van der Waals surface area contributed by atoms with Crippen LogP contribution in [-0.4, -0.2) is 43.3 Å². The molecule has 0 fully saturated rings. The fraction of sp³-hybridized carbons (Fsp3) is 0.438. The van der Waals surface area contributed by atoms with Gasteiger partial charge in [0.1, 0.15) is 0 Å². The SMILES string of the molecule is COCCCOCCNCc1ccccc1-n1cccn1. The van der Waals surface area contributed by atoms with Crippen LogP contribution in [0.1, 0.15) is 12.0 Å². The van der Waals surface area contributed by atoms with Crippen molar-refractivity contribution in [2.45, 2.75) is 13.0 Å². The Morgan fingerprint density at radius 3 is 2.86 bits per heavy atom. The lowest BCUT2D eigenvalue weighted by atomic mass is 10.2. The first kappa shape index (κ1) is 15.7. The molecule has 0 saturated heterocycles. The molecule has 0 bridgehead atoms. The van der Waals surface area contributed by atoms with Crippen LogP contribution < -0.4 is 5.32 Å². The minimum Gasteiger partial charge on any atom is -0.385 e. The molecule has 2 aromatic rings.